The lowest BCUT2D eigenvalue weighted by Gasteiger charge is -2.45. The van der Waals surface area contributed by atoms with Gasteiger partial charge >= 0.3 is 0 Å². The number of halogens is 1. The second-order valence-corrected chi connectivity index (χ2v) is 12.6. The lowest BCUT2D eigenvalue weighted by molar-refractivity contribution is -0.277. The fraction of sp³-hybridized carbons (Fsp3) is 0.351. The van der Waals surface area contributed by atoms with Crippen LogP contribution < -0.4 is 5.73 Å². The quantitative estimate of drug-likeness (QED) is 0.204. The first kappa shape index (κ1) is 30.9. The normalized spacial score (nSPS) is 23.8. The van der Waals surface area contributed by atoms with Crippen molar-refractivity contribution in [1.29, 1.82) is 0 Å². The Balaban J connectivity index is 1.23. The molecule has 0 bridgehead atoms. The van der Waals surface area contributed by atoms with Crippen molar-refractivity contribution in [1.82, 2.24) is 4.90 Å². The largest absolute Gasteiger partial charge is 0.392 e. The summed E-state index contributed by atoms with van der Waals surface area (Å²) in [6, 6.07) is 32.2. The third kappa shape index (κ3) is 6.77. The maximum atomic E-state index is 11.4. The molecule has 0 saturated carbocycles. The lowest BCUT2D eigenvalue weighted by atomic mass is 9.84. The fourth-order valence-corrected chi connectivity index (χ4v) is 6.61. The van der Waals surface area contributed by atoms with Crippen LogP contribution in [0.3, 0.4) is 0 Å². The van der Waals surface area contributed by atoms with E-state index in [0.717, 1.165) is 58.6 Å². The van der Waals surface area contributed by atoms with Gasteiger partial charge in [-0.3, -0.25) is 0 Å². The Morgan fingerprint density at radius 3 is 2.20 bits per heavy atom. The van der Waals surface area contributed by atoms with E-state index in [1.54, 1.807) is 0 Å². The van der Waals surface area contributed by atoms with Crippen molar-refractivity contribution in [3.8, 4) is 11.1 Å². The lowest BCUT2D eigenvalue weighted by Crippen LogP contribution is -2.49. The number of ether oxygens (including phenoxy) is 2. The van der Waals surface area contributed by atoms with Crippen LogP contribution in [0.2, 0.25) is 5.02 Å². The van der Waals surface area contributed by atoms with Crippen molar-refractivity contribution >= 4 is 11.6 Å². The molecule has 7 heteroatoms. The summed E-state index contributed by atoms with van der Waals surface area (Å²) in [7, 11) is 0. The number of aliphatic hydroxyl groups excluding tert-OH is 1. The molecule has 0 radical (unpaired) electrons. The van der Waals surface area contributed by atoms with E-state index >= 15 is 0 Å². The molecule has 4 aromatic rings. The van der Waals surface area contributed by atoms with Crippen molar-refractivity contribution in [2.24, 2.45) is 11.7 Å². The molecule has 44 heavy (non-hydrogen) atoms. The number of hydrogen-bond acceptors (Lipinski definition) is 6. The summed E-state index contributed by atoms with van der Waals surface area (Å²) < 4.78 is 13.5. The van der Waals surface area contributed by atoms with Gasteiger partial charge in [-0.15, -0.1) is 0 Å². The van der Waals surface area contributed by atoms with Gasteiger partial charge in [0, 0.05) is 42.7 Å². The highest BCUT2D eigenvalue weighted by Gasteiger charge is 2.41. The molecule has 0 unspecified atom stereocenters. The summed E-state index contributed by atoms with van der Waals surface area (Å²) >= 11 is 6.09. The van der Waals surface area contributed by atoms with Gasteiger partial charge in [0.25, 0.3) is 0 Å². The Morgan fingerprint density at radius 1 is 0.841 bits per heavy atom. The van der Waals surface area contributed by atoms with Crippen molar-refractivity contribution in [2.45, 2.75) is 57.0 Å². The van der Waals surface area contributed by atoms with Gasteiger partial charge < -0.3 is 30.3 Å². The number of hydrogen-bond donors (Lipinski definition) is 3. The summed E-state index contributed by atoms with van der Waals surface area (Å²) in [5.74, 6) is 0.0766. The summed E-state index contributed by atoms with van der Waals surface area (Å²) in [4.78, 5) is 2.40. The van der Waals surface area contributed by atoms with Crippen LogP contribution in [0.25, 0.3) is 11.1 Å². The second kappa shape index (κ2) is 13.5. The van der Waals surface area contributed by atoms with Gasteiger partial charge in [-0.25, -0.2) is 0 Å². The molecule has 0 aromatic heterocycles. The third-order valence-corrected chi connectivity index (χ3v) is 9.53. The molecule has 230 valence electrons. The van der Waals surface area contributed by atoms with Crippen molar-refractivity contribution in [3.63, 3.8) is 0 Å². The molecule has 2 aliphatic heterocycles. The standard InChI is InChI=1S/C37H41ClN2O4/c1-25-34(23-40-18-16-37(42,17-19-40)32-12-14-33(38)15-13-32)43-36(44-35(25)28-10-8-26(24-41)9-11-28)31-7-3-6-30(21-31)29-5-2-4-27(20-29)22-39/h2-15,20-21,25,34-36,41-42H,16-19,22-24,39H2,1H3/t25-,34+,35+,36+/m1/s1. The molecule has 2 aliphatic rings. The maximum absolute atomic E-state index is 11.4. The Bertz CT molecular complexity index is 1540. The number of likely N-dealkylation sites (tertiary alicyclic amines) is 1. The molecule has 2 heterocycles. The van der Waals surface area contributed by atoms with Crippen molar-refractivity contribution < 1.29 is 19.7 Å². The van der Waals surface area contributed by atoms with Crippen LogP contribution in [0, 0.1) is 5.92 Å². The molecule has 0 spiro atoms. The molecule has 2 fully saturated rings. The zero-order valence-electron chi connectivity index (χ0n) is 25.1. The maximum Gasteiger partial charge on any atom is 0.184 e. The number of nitrogens with two attached hydrogens (primary N) is 1. The van der Waals surface area contributed by atoms with Crippen molar-refractivity contribution in [2.75, 3.05) is 19.6 Å². The minimum atomic E-state index is -0.857. The number of nitrogens with zero attached hydrogens (tertiary/aromatic N) is 1. The molecule has 4 atom stereocenters. The first-order chi connectivity index (χ1) is 21.3. The minimum Gasteiger partial charge on any atom is -0.392 e. The van der Waals surface area contributed by atoms with E-state index in [2.05, 4.69) is 42.2 Å². The zero-order valence-corrected chi connectivity index (χ0v) is 25.9. The Labute approximate surface area is 265 Å². The summed E-state index contributed by atoms with van der Waals surface area (Å²) in [5.41, 5.74) is 12.1. The van der Waals surface area contributed by atoms with Crippen LogP contribution in [0.4, 0.5) is 0 Å². The van der Waals surface area contributed by atoms with Gasteiger partial charge in [-0.1, -0.05) is 91.3 Å². The highest BCUT2D eigenvalue weighted by Crippen LogP contribution is 2.43. The summed E-state index contributed by atoms with van der Waals surface area (Å²) in [6.45, 7) is 4.95. The average Bonchev–Trinajstić information content (AvgIpc) is 3.07. The third-order valence-electron chi connectivity index (χ3n) is 9.28. The Hall–Kier alpha value is -3.07. The first-order valence-electron chi connectivity index (χ1n) is 15.5. The highest BCUT2D eigenvalue weighted by molar-refractivity contribution is 6.30. The van der Waals surface area contributed by atoms with Crippen LogP contribution in [0.1, 0.15) is 60.0 Å². The Kier molecular flexibility index (Phi) is 9.50. The number of benzene rings is 4. The van der Waals surface area contributed by atoms with Gasteiger partial charge in [0.2, 0.25) is 0 Å². The van der Waals surface area contributed by atoms with E-state index in [1.165, 1.54) is 0 Å². The molecule has 2 saturated heterocycles. The monoisotopic (exact) mass is 612 g/mol. The molecule has 0 amide bonds. The van der Waals surface area contributed by atoms with Crippen molar-refractivity contribution in [3.05, 3.63) is 130 Å². The fourth-order valence-electron chi connectivity index (χ4n) is 6.48. The summed E-state index contributed by atoms with van der Waals surface area (Å²) in [6.07, 6.45) is 0.456. The average molecular weight is 613 g/mol. The van der Waals surface area contributed by atoms with Gasteiger partial charge in [0.15, 0.2) is 6.29 Å². The topological polar surface area (TPSA) is 88.2 Å². The molecule has 4 N–H and O–H groups in total. The van der Waals surface area contributed by atoms with E-state index in [4.69, 9.17) is 26.8 Å². The van der Waals surface area contributed by atoms with E-state index in [0.29, 0.717) is 24.4 Å². The van der Waals surface area contributed by atoms with Crippen LogP contribution >= 0.6 is 11.6 Å². The predicted octanol–water partition coefficient (Wildman–Crippen LogP) is 6.73. The summed E-state index contributed by atoms with van der Waals surface area (Å²) in [5, 5.41) is 21.7. The molecule has 6 rings (SSSR count). The van der Waals surface area contributed by atoms with E-state index in [9.17, 15) is 10.2 Å². The second-order valence-electron chi connectivity index (χ2n) is 12.2. The smallest absolute Gasteiger partial charge is 0.184 e. The molecular weight excluding hydrogens is 572 g/mol. The highest BCUT2D eigenvalue weighted by atomic mass is 35.5. The number of rotatable bonds is 8. The predicted molar refractivity (Wildman–Crippen MR) is 174 cm³/mol. The van der Waals surface area contributed by atoms with Crippen LogP contribution in [-0.2, 0) is 28.2 Å². The Morgan fingerprint density at radius 2 is 1.52 bits per heavy atom. The number of piperidine rings is 1. The van der Waals surface area contributed by atoms with Gasteiger partial charge in [0.1, 0.15) is 0 Å². The minimum absolute atomic E-state index is 0.00515. The SMILES string of the molecule is C[C@@H]1[C@H](CN2CCC(O)(c3ccc(Cl)cc3)CC2)O[C@H](c2cccc(-c3cccc(CN)c3)c2)O[C@@H]1c1ccc(CO)cc1. The van der Waals surface area contributed by atoms with Crippen LogP contribution in [-0.4, -0.2) is 40.9 Å². The molecule has 0 aliphatic carbocycles. The molecule has 6 nitrogen and oxygen atoms in total. The van der Waals surface area contributed by atoms with E-state index in [1.807, 2.05) is 66.7 Å². The van der Waals surface area contributed by atoms with Crippen LogP contribution in [0.15, 0.2) is 97.1 Å². The molecule has 4 aromatic carbocycles. The molecular formula is C37H41ClN2O4. The van der Waals surface area contributed by atoms with Crippen LogP contribution in [0.5, 0.6) is 0 Å². The zero-order chi connectivity index (χ0) is 30.7. The van der Waals surface area contributed by atoms with E-state index in [-0.39, 0.29) is 24.7 Å². The van der Waals surface area contributed by atoms with Gasteiger partial charge in [0.05, 0.1) is 24.4 Å². The first-order valence-corrected chi connectivity index (χ1v) is 15.8. The van der Waals surface area contributed by atoms with Gasteiger partial charge in [-0.2, -0.15) is 0 Å². The van der Waals surface area contributed by atoms with E-state index < -0.39 is 11.9 Å². The van der Waals surface area contributed by atoms with Gasteiger partial charge in [-0.05, 0) is 70.5 Å². The number of aliphatic hydroxyl groups is 2.